The maximum Gasteiger partial charge on any atom is 0.196 e. The van der Waals surface area contributed by atoms with E-state index in [1.54, 1.807) is 19.1 Å². The van der Waals surface area contributed by atoms with Gasteiger partial charge in [0.25, 0.3) is 0 Å². The lowest BCUT2D eigenvalue weighted by Gasteiger charge is -2.10. The summed E-state index contributed by atoms with van der Waals surface area (Å²) in [6, 6.07) is 12.8. The Balaban J connectivity index is 2.48. The number of hydrogen-bond acceptors (Lipinski definition) is 3. The van der Waals surface area contributed by atoms with Crippen LogP contribution in [0.3, 0.4) is 0 Å². The van der Waals surface area contributed by atoms with Gasteiger partial charge in [0.2, 0.25) is 0 Å². The zero-order chi connectivity index (χ0) is 15.7. The van der Waals surface area contributed by atoms with E-state index in [1.165, 1.54) is 0 Å². The van der Waals surface area contributed by atoms with E-state index in [0.717, 1.165) is 11.1 Å². The molecule has 2 aromatic carbocycles. The monoisotopic (exact) mass is 291 g/mol. The summed E-state index contributed by atoms with van der Waals surface area (Å²) in [5.41, 5.74) is 11.4. The number of rotatable bonds is 2. The van der Waals surface area contributed by atoms with Gasteiger partial charge in [0.05, 0.1) is 11.1 Å². The molecule has 0 aliphatic rings. The Morgan fingerprint density at radius 3 is 2.50 bits per heavy atom. The topological polar surface area (TPSA) is 79.0 Å². The number of azide groups is 1. The highest BCUT2D eigenvalue weighted by Gasteiger charge is 2.16. The second-order valence-electron chi connectivity index (χ2n) is 5.05. The molecule has 0 aliphatic heterocycles. The quantitative estimate of drug-likeness (QED) is 0.377. The molecule has 0 amide bonds. The molecule has 0 fully saturated rings. The van der Waals surface area contributed by atoms with Crippen LogP contribution in [0.25, 0.3) is 32.7 Å². The maximum atomic E-state index is 12.7. The van der Waals surface area contributed by atoms with Crippen molar-refractivity contribution < 1.29 is 4.42 Å². The van der Waals surface area contributed by atoms with Crippen molar-refractivity contribution in [2.24, 2.45) is 5.11 Å². The van der Waals surface area contributed by atoms with Crippen LogP contribution in [0.2, 0.25) is 0 Å². The largest absolute Gasteiger partial charge is 0.455 e. The van der Waals surface area contributed by atoms with Crippen molar-refractivity contribution in [1.29, 1.82) is 0 Å². The lowest BCUT2D eigenvalue weighted by atomic mass is 10.0. The van der Waals surface area contributed by atoms with Crippen molar-refractivity contribution >= 4 is 16.7 Å². The third-order valence-electron chi connectivity index (χ3n) is 3.65. The minimum absolute atomic E-state index is 0.104. The van der Waals surface area contributed by atoms with Gasteiger partial charge in [0, 0.05) is 16.0 Å². The number of aryl methyl sites for hydroxylation is 1. The molecule has 1 aromatic heterocycles. The van der Waals surface area contributed by atoms with Gasteiger partial charge in [-0.3, -0.25) is 4.79 Å². The molecule has 0 bridgehead atoms. The van der Waals surface area contributed by atoms with Gasteiger partial charge < -0.3 is 4.42 Å². The molecule has 3 aromatic rings. The van der Waals surface area contributed by atoms with Crippen LogP contribution >= 0.6 is 0 Å². The van der Waals surface area contributed by atoms with Gasteiger partial charge in [-0.15, -0.1) is 0 Å². The van der Waals surface area contributed by atoms with Crippen LogP contribution in [0.5, 0.6) is 0 Å². The molecule has 0 unspecified atom stereocenters. The van der Waals surface area contributed by atoms with Crippen LogP contribution in [0.15, 0.2) is 56.8 Å². The molecule has 0 radical (unpaired) electrons. The Morgan fingerprint density at radius 1 is 1.09 bits per heavy atom. The highest BCUT2D eigenvalue weighted by atomic mass is 16.3. The fraction of sp³-hybridized carbons (Fsp3) is 0.118. The molecule has 0 saturated carbocycles. The normalized spacial score (nSPS) is 10.5. The summed E-state index contributed by atoms with van der Waals surface area (Å²) in [5, 5.41) is 4.09. The summed E-state index contributed by atoms with van der Waals surface area (Å²) in [4.78, 5) is 15.5. The Hall–Kier alpha value is -3.04. The predicted molar refractivity (Wildman–Crippen MR) is 86.2 cm³/mol. The number of fused-ring (bicyclic) bond motifs is 1. The van der Waals surface area contributed by atoms with E-state index >= 15 is 0 Å². The zero-order valence-electron chi connectivity index (χ0n) is 12.2. The molecular weight excluding hydrogens is 278 g/mol. The minimum atomic E-state index is -0.104. The highest BCUT2D eigenvalue weighted by Crippen LogP contribution is 2.32. The average Bonchev–Trinajstić information content (AvgIpc) is 2.54. The third-order valence-corrected chi connectivity index (χ3v) is 3.65. The molecule has 0 aliphatic carbocycles. The van der Waals surface area contributed by atoms with E-state index in [0.29, 0.717) is 28.0 Å². The van der Waals surface area contributed by atoms with E-state index in [9.17, 15) is 4.79 Å². The van der Waals surface area contributed by atoms with Gasteiger partial charge in [-0.25, -0.2) is 0 Å². The highest BCUT2D eigenvalue weighted by molar-refractivity contribution is 5.91. The van der Waals surface area contributed by atoms with Gasteiger partial charge in [-0.1, -0.05) is 41.5 Å². The number of benzene rings is 2. The van der Waals surface area contributed by atoms with Crippen molar-refractivity contribution in [3.63, 3.8) is 0 Å². The molecular formula is C17H13N3O2. The number of hydrogen-bond donors (Lipinski definition) is 0. The summed E-state index contributed by atoms with van der Waals surface area (Å²) in [5.74, 6) is 0.498. The number of nitrogens with zero attached hydrogens (tertiary/aromatic N) is 3. The molecule has 0 N–H and O–H groups in total. The van der Waals surface area contributed by atoms with E-state index in [4.69, 9.17) is 9.95 Å². The Bertz CT molecular complexity index is 969. The van der Waals surface area contributed by atoms with Crippen LogP contribution < -0.4 is 5.43 Å². The first-order valence-electron chi connectivity index (χ1n) is 6.81. The summed E-state index contributed by atoms with van der Waals surface area (Å²) in [7, 11) is 0. The van der Waals surface area contributed by atoms with Crippen molar-refractivity contribution in [3.05, 3.63) is 74.3 Å². The average molecular weight is 291 g/mol. The lowest BCUT2D eigenvalue weighted by Crippen LogP contribution is -2.08. The van der Waals surface area contributed by atoms with Crippen LogP contribution in [0, 0.1) is 13.8 Å². The molecule has 108 valence electrons. The summed E-state index contributed by atoms with van der Waals surface area (Å²) >= 11 is 0. The molecule has 3 rings (SSSR count). The predicted octanol–water partition coefficient (Wildman–Crippen LogP) is 5.02. The summed E-state index contributed by atoms with van der Waals surface area (Å²) < 4.78 is 5.96. The van der Waals surface area contributed by atoms with Gasteiger partial charge in [-0.2, -0.15) is 0 Å². The van der Waals surface area contributed by atoms with Crippen LogP contribution in [-0.4, -0.2) is 0 Å². The maximum absolute atomic E-state index is 12.7. The Morgan fingerprint density at radius 2 is 1.82 bits per heavy atom. The summed E-state index contributed by atoms with van der Waals surface area (Å²) in [6.07, 6.45) is 0. The second-order valence-corrected chi connectivity index (χ2v) is 5.05. The van der Waals surface area contributed by atoms with E-state index < -0.39 is 0 Å². The van der Waals surface area contributed by atoms with Crippen molar-refractivity contribution in [3.8, 4) is 11.3 Å². The second kappa shape index (κ2) is 5.39. The smallest absolute Gasteiger partial charge is 0.196 e. The van der Waals surface area contributed by atoms with Crippen molar-refractivity contribution in [1.82, 2.24) is 0 Å². The molecule has 5 nitrogen and oxygen atoms in total. The van der Waals surface area contributed by atoms with Crippen molar-refractivity contribution in [2.45, 2.75) is 13.8 Å². The zero-order valence-corrected chi connectivity index (χ0v) is 12.2. The molecule has 1 heterocycles. The van der Waals surface area contributed by atoms with E-state index in [2.05, 4.69) is 10.0 Å². The molecule has 0 saturated heterocycles. The van der Waals surface area contributed by atoms with Gasteiger partial charge in [-0.05, 0) is 31.0 Å². The molecule has 0 spiro atoms. The lowest BCUT2D eigenvalue weighted by molar-refractivity contribution is 0.614. The first kappa shape index (κ1) is 13.9. The molecule has 0 atom stereocenters. The van der Waals surface area contributed by atoms with E-state index in [1.807, 2.05) is 37.3 Å². The van der Waals surface area contributed by atoms with Gasteiger partial charge in [0.15, 0.2) is 5.43 Å². The van der Waals surface area contributed by atoms with Crippen LogP contribution in [0.1, 0.15) is 11.1 Å². The first-order chi connectivity index (χ1) is 10.6. The van der Waals surface area contributed by atoms with Gasteiger partial charge in [0.1, 0.15) is 11.3 Å². The first-order valence-corrected chi connectivity index (χ1v) is 6.81. The molecule has 5 heteroatoms. The Labute approximate surface area is 126 Å². The fourth-order valence-corrected chi connectivity index (χ4v) is 2.52. The van der Waals surface area contributed by atoms with Crippen LogP contribution in [0.4, 0.5) is 5.69 Å². The SMILES string of the molecule is Cc1c(-c2ccccc2)oc2c(N=[N+]=[N-])ccc(C)c2c1=O. The van der Waals surface area contributed by atoms with Crippen LogP contribution in [-0.2, 0) is 0 Å². The standard InChI is InChI=1S/C17H13N3O2/c1-10-8-9-13(19-20-18)17-14(10)15(21)11(2)16(22-17)12-6-4-3-5-7-12/h3-9H,1-2H3. The summed E-state index contributed by atoms with van der Waals surface area (Å²) in [6.45, 7) is 3.58. The van der Waals surface area contributed by atoms with Crippen molar-refractivity contribution in [2.75, 3.05) is 0 Å². The van der Waals surface area contributed by atoms with E-state index in [-0.39, 0.29) is 5.43 Å². The Kier molecular flexibility index (Phi) is 3.41. The molecule has 22 heavy (non-hydrogen) atoms. The van der Waals surface area contributed by atoms with Gasteiger partial charge >= 0.3 is 0 Å². The minimum Gasteiger partial charge on any atom is -0.455 e. The fourth-order valence-electron chi connectivity index (χ4n) is 2.52. The third kappa shape index (κ3) is 2.14.